The normalized spacial score (nSPS) is 11.1. The Morgan fingerprint density at radius 1 is 0.923 bits per heavy atom. The van der Waals surface area contributed by atoms with Gasteiger partial charge in [0.2, 0.25) is 0 Å². The quantitative estimate of drug-likeness (QED) is 0.330. The first-order valence-corrected chi connectivity index (χ1v) is 5.56. The van der Waals surface area contributed by atoms with E-state index in [1.165, 1.54) is 38.5 Å². The molecule has 0 saturated carbocycles. The lowest BCUT2D eigenvalue weighted by Crippen LogP contribution is -2.43. The van der Waals surface area contributed by atoms with Crippen molar-refractivity contribution in [3.63, 3.8) is 0 Å². The summed E-state index contributed by atoms with van der Waals surface area (Å²) in [4.78, 5) is 0. The minimum Gasteiger partial charge on any atom is -0.258 e. The van der Waals surface area contributed by atoms with Crippen molar-refractivity contribution in [3.8, 4) is 0 Å². The monoisotopic (exact) mass is 187 g/mol. The van der Waals surface area contributed by atoms with Gasteiger partial charge >= 0.3 is 0 Å². The minimum absolute atomic E-state index is 1.08. The Balaban J connectivity index is 3.28. The minimum atomic E-state index is 1.08. The summed E-state index contributed by atoms with van der Waals surface area (Å²) in [5.41, 5.74) is 2.75. The zero-order chi connectivity index (χ0) is 9.94. The highest BCUT2D eigenvalue weighted by Gasteiger charge is 2.00. The van der Waals surface area contributed by atoms with Crippen molar-refractivity contribution < 1.29 is 0 Å². The van der Waals surface area contributed by atoms with Crippen LogP contribution in [0.2, 0.25) is 0 Å². The van der Waals surface area contributed by atoms with E-state index >= 15 is 0 Å². The number of hydrogen-bond acceptors (Lipinski definition) is 3. The predicted molar refractivity (Wildman–Crippen MR) is 57.9 cm³/mol. The van der Waals surface area contributed by atoms with E-state index in [2.05, 4.69) is 24.4 Å². The van der Waals surface area contributed by atoms with Gasteiger partial charge in [0, 0.05) is 13.1 Å². The number of hydrazine groups is 2. The maximum Gasteiger partial charge on any atom is 0.0144 e. The highest BCUT2D eigenvalue weighted by molar-refractivity contribution is 4.51. The fraction of sp³-hybridized carbons (Fsp3) is 1.00. The molecule has 3 nitrogen and oxygen atoms in total. The van der Waals surface area contributed by atoms with Crippen LogP contribution < -0.4 is 11.4 Å². The van der Waals surface area contributed by atoms with Gasteiger partial charge in [0.25, 0.3) is 0 Å². The third kappa shape index (κ3) is 8.22. The Morgan fingerprint density at radius 2 is 1.38 bits per heavy atom. The molecule has 0 aliphatic rings. The molecule has 0 bridgehead atoms. The van der Waals surface area contributed by atoms with Crippen LogP contribution in [0.4, 0.5) is 0 Å². The van der Waals surface area contributed by atoms with Gasteiger partial charge in [0.15, 0.2) is 0 Å². The van der Waals surface area contributed by atoms with Gasteiger partial charge in [-0.1, -0.05) is 39.5 Å². The Morgan fingerprint density at radius 3 is 1.69 bits per heavy atom. The molecule has 0 aromatic rings. The molecule has 0 aliphatic heterocycles. The fourth-order valence-corrected chi connectivity index (χ4v) is 1.35. The van der Waals surface area contributed by atoms with Gasteiger partial charge in [0.05, 0.1) is 0 Å². The second-order valence-electron chi connectivity index (χ2n) is 3.53. The van der Waals surface area contributed by atoms with Crippen LogP contribution in [0.1, 0.15) is 52.4 Å². The molecule has 80 valence electrons. The van der Waals surface area contributed by atoms with Crippen LogP contribution in [0, 0.1) is 0 Å². The van der Waals surface area contributed by atoms with Crippen molar-refractivity contribution in [2.24, 2.45) is 5.84 Å². The number of nitrogens with zero attached hydrogens (tertiary/aromatic N) is 1. The van der Waals surface area contributed by atoms with Crippen molar-refractivity contribution in [2.75, 3.05) is 13.1 Å². The predicted octanol–water partition coefficient (Wildman–Crippen LogP) is 2.05. The largest absolute Gasteiger partial charge is 0.258 e. The Kier molecular flexibility index (Phi) is 9.87. The van der Waals surface area contributed by atoms with Gasteiger partial charge in [0.1, 0.15) is 0 Å². The Hall–Kier alpha value is -0.120. The summed E-state index contributed by atoms with van der Waals surface area (Å²) < 4.78 is 0. The average Bonchev–Trinajstić information content (AvgIpc) is 2.16. The van der Waals surface area contributed by atoms with Crippen molar-refractivity contribution in [1.82, 2.24) is 10.5 Å². The molecule has 0 heterocycles. The highest BCUT2D eigenvalue weighted by Crippen LogP contribution is 1.99. The number of unbranched alkanes of at least 4 members (excludes halogenated alkanes) is 4. The fourth-order valence-electron chi connectivity index (χ4n) is 1.35. The summed E-state index contributed by atoms with van der Waals surface area (Å²) in [5.74, 6) is 5.41. The highest BCUT2D eigenvalue weighted by atomic mass is 15.6. The van der Waals surface area contributed by atoms with Crippen LogP contribution in [0.5, 0.6) is 0 Å². The summed E-state index contributed by atoms with van der Waals surface area (Å²) in [5, 5.41) is 2.12. The molecule has 0 saturated heterocycles. The van der Waals surface area contributed by atoms with Crippen molar-refractivity contribution in [3.05, 3.63) is 0 Å². The number of nitrogens with one attached hydrogen (secondary N) is 1. The second-order valence-corrected chi connectivity index (χ2v) is 3.53. The van der Waals surface area contributed by atoms with Gasteiger partial charge in [-0.3, -0.25) is 5.84 Å². The Labute approximate surface area is 82.6 Å². The van der Waals surface area contributed by atoms with Gasteiger partial charge < -0.3 is 0 Å². The molecule has 0 unspecified atom stereocenters. The van der Waals surface area contributed by atoms with E-state index < -0.39 is 0 Å². The first kappa shape index (κ1) is 12.9. The summed E-state index contributed by atoms with van der Waals surface area (Å²) in [6.07, 6.45) is 7.62. The first-order valence-electron chi connectivity index (χ1n) is 5.56. The molecule has 13 heavy (non-hydrogen) atoms. The molecule has 0 amide bonds. The van der Waals surface area contributed by atoms with Crippen molar-refractivity contribution in [1.29, 1.82) is 0 Å². The molecule has 3 N–H and O–H groups in total. The molecule has 0 aromatic carbocycles. The second kappa shape index (κ2) is 9.96. The maximum absolute atomic E-state index is 5.41. The molecule has 0 spiro atoms. The lowest BCUT2D eigenvalue weighted by atomic mass is 10.2. The van der Waals surface area contributed by atoms with Gasteiger partial charge in [-0.25, -0.2) is 5.01 Å². The average molecular weight is 187 g/mol. The van der Waals surface area contributed by atoms with Gasteiger partial charge in [-0.05, 0) is 12.8 Å². The van der Waals surface area contributed by atoms with Crippen LogP contribution >= 0.6 is 0 Å². The summed E-state index contributed by atoms with van der Waals surface area (Å²) in [6.45, 7) is 6.59. The van der Waals surface area contributed by atoms with Crippen molar-refractivity contribution >= 4 is 0 Å². The van der Waals surface area contributed by atoms with E-state index in [-0.39, 0.29) is 0 Å². The van der Waals surface area contributed by atoms with Crippen LogP contribution in [-0.2, 0) is 0 Å². The Bertz CT molecular complexity index is 86.2. The number of hydrogen-bond donors (Lipinski definition) is 2. The number of rotatable bonds is 9. The smallest absolute Gasteiger partial charge is 0.0144 e. The molecule has 0 aromatic heterocycles. The van der Waals surface area contributed by atoms with Crippen LogP contribution in [0.15, 0.2) is 0 Å². The van der Waals surface area contributed by atoms with E-state index in [0.29, 0.717) is 0 Å². The molecule has 0 rings (SSSR count). The van der Waals surface area contributed by atoms with Crippen LogP contribution in [-0.4, -0.2) is 18.1 Å². The van der Waals surface area contributed by atoms with E-state index in [9.17, 15) is 0 Å². The SMILES string of the molecule is CCCCCN(CCCCC)NN. The zero-order valence-electron chi connectivity index (χ0n) is 9.18. The summed E-state index contributed by atoms with van der Waals surface area (Å²) in [6, 6.07) is 0. The van der Waals surface area contributed by atoms with Gasteiger partial charge in [-0.15, -0.1) is 0 Å². The summed E-state index contributed by atoms with van der Waals surface area (Å²) in [7, 11) is 0. The van der Waals surface area contributed by atoms with Crippen LogP contribution in [0.25, 0.3) is 0 Å². The summed E-state index contributed by atoms with van der Waals surface area (Å²) >= 11 is 0. The maximum atomic E-state index is 5.41. The molecular formula is C10H25N3. The first-order chi connectivity index (χ1) is 6.35. The van der Waals surface area contributed by atoms with Crippen molar-refractivity contribution in [2.45, 2.75) is 52.4 Å². The molecule has 0 atom stereocenters. The molecule has 0 aliphatic carbocycles. The third-order valence-electron chi connectivity index (χ3n) is 2.25. The molecule has 3 heteroatoms. The lowest BCUT2D eigenvalue weighted by Gasteiger charge is -2.19. The standard InChI is InChI=1S/C10H25N3/c1-3-5-7-9-13(12-11)10-8-6-4-2/h12H,3-11H2,1-2H3. The number of nitrogens with two attached hydrogens (primary N) is 1. The van der Waals surface area contributed by atoms with E-state index in [4.69, 9.17) is 5.84 Å². The molecule has 0 fully saturated rings. The van der Waals surface area contributed by atoms with Crippen LogP contribution in [0.3, 0.4) is 0 Å². The van der Waals surface area contributed by atoms with E-state index in [0.717, 1.165) is 13.1 Å². The van der Waals surface area contributed by atoms with E-state index in [1.807, 2.05) is 0 Å². The van der Waals surface area contributed by atoms with Gasteiger partial charge in [-0.2, -0.15) is 5.53 Å². The lowest BCUT2D eigenvalue weighted by molar-refractivity contribution is 0.182. The zero-order valence-corrected chi connectivity index (χ0v) is 9.18. The molecular weight excluding hydrogens is 162 g/mol. The van der Waals surface area contributed by atoms with E-state index in [1.54, 1.807) is 0 Å². The molecule has 0 radical (unpaired) electrons. The topological polar surface area (TPSA) is 41.3 Å². The third-order valence-corrected chi connectivity index (χ3v) is 2.25.